The molecule has 2 aromatic carbocycles. The molecule has 2 N–H and O–H groups in total. The SMILES string of the molecule is Cc1cc2cc(CN(CCCO)S(=O)(=O)c3ccccc3Br)c(=O)[nH]c2cc1C. The molecule has 0 radical (unpaired) electrons. The average Bonchev–Trinajstić information content (AvgIpc) is 2.67. The van der Waals surface area contributed by atoms with E-state index in [0.29, 0.717) is 10.0 Å². The summed E-state index contributed by atoms with van der Waals surface area (Å²) < 4.78 is 28.2. The molecule has 154 valence electrons. The zero-order valence-corrected chi connectivity index (χ0v) is 18.7. The Morgan fingerprint density at radius 1 is 1.10 bits per heavy atom. The van der Waals surface area contributed by atoms with Gasteiger partial charge in [-0.25, -0.2) is 8.42 Å². The molecular formula is C21H23BrN2O4S. The highest BCUT2D eigenvalue weighted by Crippen LogP contribution is 2.26. The number of hydrogen-bond donors (Lipinski definition) is 2. The summed E-state index contributed by atoms with van der Waals surface area (Å²) in [6.45, 7) is 3.84. The van der Waals surface area contributed by atoms with Crippen molar-refractivity contribution in [2.45, 2.75) is 31.7 Å². The van der Waals surface area contributed by atoms with Gasteiger partial charge in [-0.1, -0.05) is 12.1 Å². The van der Waals surface area contributed by atoms with Crippen molar-refractivity contribution in [2.24, 2.45) is 0 Å². The largest absolute Gasteiger partial charge is 0.396 e. The summed E-state index contributed by atoms with van der Waals surface area (Å²) in [4.78, 5) is 15.6. The number of sulfonamides is 1. The first-order chi connectivity index (χ1) is 13.7. The van der Waals surface area contributed by atoms with Crippen molar-refractivity contribution < 1.29 is 13.5 Å². The predicted octanol–water partition coefficient (Wildman–Crippen LogP) is 3.48. The maximum Gasteiger partial charge on any atom is 0.252 e. The Morgan fingerprint density at radius 3 is 2.48 bits per heavy atom. The smallest absolute Gasteiger partial charge is 0.252 e. The van der Waals surface area contributed by atoms with Crippen molar-refractivity contribution in [3.8, 4) is 0 Å². The molecule has 0 bridgehead atoms. The summed E-state index contributed by atoms with van der Waals surface area (Å²) in [5, 5.41) is 10.1. The summed E-state index contributed by atoms with van der Waals surface area (Å²) >= 11 is 3.29. The molecule has 0 aliphatic rings. The number of nitrogens with one attached hydrogen (secondary N) is 1. The van der Waals surface area contributed by atoms with Crippen LogP contribution in [0.1, 0.15) is 23.1 Å². The molecule has 0 spiro atoms. The van der Waals surface area contributed by atoms with E-state index in [1.54, 1.807) is 24.3 Å². The van der Waals surface area contributed by atoms with Crippen molar-refractivity contribution in [1.29, 1.82) is 0 Å². The number of aromatic amines is 1. The first-order valence-electron chi connectivity index (χ1n) is 9.22. The number of aryl methyl sites for hydroxylation is 2. The number of pyridine rings is 1. The number of rotatable bonds is 7. The molecule has 29 heavy (non-hydrogen) atoms. The van der Waals surface area contributed by atoms with Crippen LogP contribution in [0.4, 0.5) is 0 Å². The van der Waals surface area contributed by atoms with E-state index < -0.39 is 10.0 Å². The molecule has 0 unspecified atom stereocenters. The van der Waals surface area contributed by atoms with E-state index in [-0.39, 0.29) is 36.6 Å². The van der Waals surface area contributed by atoms with Crippen LogP contribution < -0.4 is 5.56 Å². The molecule has 0 saturated carbocycles. The molecule has 0 saturated heterocycles. The molecule has 1 heterocycles. The third kappa shape index (κ3) is 4.61. The minimum Gasteiger partial charge on any atom is -0.396 e. The quantitative estimate of drug-likeness (QED) is 0.543. The Labute approximate surface area is 178 Å². The minimum atomic E-state index is -3.86. The molecule has 0 atom stereocenters. The van der Waals surface area contributed by atoms with E-state index in [1.165, 1.54) is 10.4 Å². The van der Waals surface area contributed by atoms with Gasteiger partial charge in [-0.05, 0) is 83.0 Å². The monoisotopic (exact) mass is 478 g/mol. The first-order valence-corrected chi connectivity index (χ1v) is 11.5. The molecule has 3 rings (SSSR count). The standard InChI is InChI=1S/C21H23BrN2O4S/c1-14-10-16-12-17(21(26)23-19(16)11-15(14)2)13-24(8-5-9-25)29(27,28)20-7-4-3-6-18(20)22/h3-4,6-7,10-12,25H,5,8-9,13H2,1-2H3,(H,23,26). The van der Waals surface area contributed by atoms with Crippen LogP contribution in [-0.4, -0.2) is 36.0 Å². The third-order valence-electron chi connectivity index (χ3n) is 4.90. The zero-order valence-electron chi connectivity index (χ0n) is 16.3. The lowest BCUT2D eigenvalue weighted by Crippen LogP contribution is -2.34. The van der Waals surface area contributed by atoms with E-state index in [9.17, 15) is 18.3 Å². The molecule has 8 heteroatoms. The van der Waals surface area contributed by atoms with Crippen molar-refractivity contribution >= 4 is 36.9 Å². The van der Waals surface area contributed by atoms with Crippen LogP contribution in [0.5, 0.6) is 0 Å². The van der Waals surface area contributed by atoms with Gasteiger partial charge in [0, 0.05) is 35.2 Å². The van der Waals surface area contributed by atoms with Gasteiger partial charge in [-0.3, -0.25) is 4.79 Å². The fourth-order valence-corrected chi connectivity index (χ4v) is 5.57. The first kappa shape index (κ1) is 21.7. The Balaban J connectivity index is 2.05. The third-order valence-corrected chi connectivity index (χ3v) is 7.76. The van der Waals surface area contributed by atoms with Crippen molar-refractivity contribution in [1.82, 2.24) is 9.29 Å². The number of benzene rings is 2. The van der Waals surface area contributed by atoms with Crippen LogP contribution in [0.25, 0.3) is 10.9 Å². The lowest BCUT2D eigenvalue weighted by Gasteiger charge is -2.22. The number of aromatic nitrogens is 1. The second-order valence-electron chi connectivity index (χ2n) is 6.99. The van der Waals surface area contributed by atoms with Gasteiger partial charge in [-0.15, -0.1) is 0 Å². The number of nitrogens with zero attached hydrogens (tertiary/aromatic N) is 1. The fourth-order valence-electron chi connectivity index (χ4n) is 3.15. The number of halogens is 1. The highest BCUT2D eigenvalue weighted by molar-refractivity contribution is 9.10. The molecule has 0 aliphatic heterocycles. The number of hydrogen-bond acceptors (Lipinski definition) is 4. The van der Waals surface area contributed by atoms with Gasteiger partial charge >= 0.3 is 0 Å². The van der Waals surface area contributed by atoms with Crippen molar-refractivity contribution in [3.05, 3.63) is 74.0 Å². The van der Waals surface area contributed by atoms with E-state index in [4.69, 9.17) is 0 Å². The van der Waals surface area contributed by atoms with Gasteiger partial charge in [0.05, 0.1) is 4.90 Å². The predicted molar refractivity (Wildman–Crippen MR) is 117 cm³/mol. The van der Waals surface area contributed by atoms with Crippen molar-refractivity contribution in [2.75, 3.05) is 13.2 Å². The van der Waals surface area contributed by atoms with Gasteiger partial charge in [0.15, 0.2) is 0 Å². The summed E-state index contributed by atoms with van der Waals surface area (Å²) in [5.41, 5.74) is 2.92. The van der Waals surface area contributed by atoms with Gasteiger partial charge in [0.1, 0.15) is 0 Å². The summed E-state index contributed by atoms with van der Waals surface area (Å²) in [6, 6.07) is 12.2. The number of aliphatic hydroxyl groups is 1. The lowest BCUT2D eigenvalue weighted by atomic mass is 10.0. The lowest BCUT2D eigenvalue weighted by molar-refractivity contribution is 0.267. The van der Waals surface area contributed by atoms with Crippen LogP contribution in [0.2, 0.25) is 0 Å². The van der Waals surface area contributed by atoms with E-state index in [2.05, 4.69) is 20.9 Å². The maximum atomic E-state index is 13.2. The van der Waals surface area contributed by atoms with Gasteiger partial charge in [0.2, 0.25) is 10.0 Å². The minimum absolute atomic E-state index is 0.0815. The molecule has 0 fully saturated rings. The molecule has 1 aromatic heterocycles. The van der Waals surface area contributed by atoms with Gasteiger partial charge in [0.25, 0.3) is 5.56 Å². The summed E-state index contributed by atoms with van der Waals surface area (Å²) in [5.74, 6) is 0. The van der Waals surface area contributed by atoms with E-state index >= 15 is 0 Å². The van der Waals surface area contributed by atoms with E-state index in [1.807, 2.05) is 26.0 Å². The molecule has 3 aromatic rings. The Kier molecular flexibility index (Phi) is 6.58. The molecule has 6 nitrogen and oxygen atoms in total. The Morgan fingerprint density at radius 2 is 1.79 bits per heavy atom. The molecule has 0 aliphatic carbocycles. The number of aliphatic hydroxyl groups excluding tert-OH is 1. The zero-order chi connectivity index (χ0) is 21.2. The van der Waals surface area contributed by atoms with Crippen LogP contribution in [0.3, 0.4) is 0 Å². The highest BCUT2D eigenvalue weighted by Gasteiger charge is 2.27. The van der Waals surface area contributed by atoms with Gasteiger partial charge < -0.3 is 10.1 Å². The van der Waals surface area contributed by atoms with Gasteiger partial charge in [-0.2, -0.15) is 4.31 Å². The second kappa shape index (κ2) is 8.79. The number of fused-ring (bicyclic) bond motifs is 1. The second-order valence-corrected chi connectivity index (χ2v) is 9.75. The highest BCUT2D eigenvalue weighted by atomic mass is 79.9. The molecule has 0 amide bonds. The van der Waals surface area contributed by atoms with Crippen molar-refractivity contribution in [3.63, 3.8) is 0 Å². The number of H-pyrrole nitrogens is 1. The topological polar surface area (TPSA) is 90.5 Å². The van der Waals surface area contributed by atoms with Crippen LogP contribution in [0.15, 0.2) is 56.6 Å². The summed E-state index contributed by atoms with van der Waals surface area (Å²) in [6.07, 6.45) is 0.271. The van der Waals surface area contributed by atoms with Crippen LogP contribution >= 0.6 is 15.9 Å². The van der Waals surface area contributed by atoms with Crippen LogP contribution in [-0.2, 0) is 16.6 Å². The average molecular weight is 479 g/mol. The fraction of sp³-hybridized carbons (Fsp3) is 0.286. The Bertz CT molecular complexity index is 1210. The normalized spacial score (nSPS) is 12.0. The van der Waals surface area contributed by atoms with E-state index in [0.717, 1.165) is 22.0 Å². The Hall–Kier alpha value is -2.00. The molecular weight excluding hydrogens is 456 g/mol. The summed E-state index contributed by atoms with van der Waals surface area (Å²) in [7, 11) is -3.86. The maximum absolute atomic E-state index is 13.2. The van der Waals surface area contributed by atoms with Crippen LogP contribution in [0, 0.1) is 13.8 Å².